The van der Waals surface area contributed by atoms with Crippen LogP contribution in [0.4, 0.5) is 15.8 Å². The standard InChI is InChI=1S/C23H29ClFN5O2/c1-28(2)18-12-20-19(11-17(18)24)30(27)14-21(32-20)22(31)29-9-7-23(26,8-10-29)13-15-3-5-16(25)6-4-15/h3-6,11-12,21H,7-10,13-14,26-27H2,1-2H3. The van der Waals surface area contributed by atoms with Crippen LogP contribution in [0.2, 0.25) is 5.02 Å². The molecule has 2 aromatic rings. The number of carbonyl (C=O) groups is 1. The Morgan fingerprint density at radius 2 is 1.91 bits per heavy atom. The number of carbonyl (C=O) groups excluding carboxylic acids is 1. The maximum Gasteiger partial charge on any atom is 0.265 e. The Morgan fingerprint density at radius 1 is 1.25 bits per heavy atom. The molecule has 1 atom stereocenters. The molecular weight excluding hydrogens is 433 g/mol. The molecule has 2 aliphatic rings. The van der Waals surface area contributed by atoms with Crippen molar-refractivity contribution < 1.29 is 13.9 Å². The molecule has 4 N–H and O–H groups in total. The molecule has 0 aliphatic carbocycles. The van der Waals surface area contributed by atoms with Crippen molar-refractivity contribution in [2.75, 3.05) is 43.6 Å². The number of nitrogens with zero attached hydrogens (tertiary/aromatic N) is 3. The van der Waals surface area contributed by atoms with Crippen LogP contribution in [-0.4, -0.2) is 56.2 Å². The zero-order chi connectivity index (χ0) is 23.0. The lowest BCUT2D eigenvalue weighted by Crippen LogP contribution is -2.57. The molecule has 4 rings (SSSR count). The van der Waals surface area contributed by atoms with E-state index < -0.39 is 11.6 Å². The van der Waals surface area contributed by atoms with Gasteiger partial charge in [-0.25, -0.2) is 10.2 Å². The number of rotatable bonds is 4. The lowest BCUT2D eigenvalue weighted by Gasteiger charge is -2.41. The topological polar surface area (TPSA) is 88.1 Å². The third kappa shape index (κ3) is 4.62. The molecule has 2 heterocycles. The molecule has 1 saturated heterocycles. The number of ether oxygens (including phenoxy) is 1. The van der Waals surface area contributed by atoms with Crippen LogP contribution in [0.25, 0.3) is 0 Å². The van der Waals surface area contributed by atoms with E-state index in [-0.39, 0.29) is 18.3 Å². The Morgan fingerprint density at radius 3 is 2.53 bits per heavy atom. The van der Waals surface area contributed by atoms with Crippen LogP contribution < -0.4 is 26.2 Å². The number of piperidine rings is 1. The fraction of sp³-hybridized carbons (Fsp3) is 0.435. The average Bonchev–Trinajstić information content (AvgIpc) is 2.75. The van der Waals surface area contributed by atoms with Crippen molar-refractivity contribution in [3.63, 3.8) is 0 Å². The summed E-state index contributed by atoms with van der Waals surface area (Å²) in [7, 11) is 3.77. The Labute approximate surface area is 192 Å². The Hall–Kier alpha value is -2.55. The van der Waals surface area contributed by atoms with Crippen LogP contribution in [-0.2, 0) is 11.2 Å². The third-order valence-corrected chi connectivity index (χ3v) is 6.57. The number of hydrogen-bond acceptors (Lipinski definition) is 6. The van der Waals surface area contributed by atoms with Gasteiger partial charge in [0.1, 0.15) is 11.6 Å². The summed E-state index contributed by atoms with van der Waals surface area (Å²) in [5.74, 6) is 6.37. The normalized spacial score (nSPS) is 19.9. The highest BCUT2D eigenvalue weighted by Gasteiger charge is 2.38. The molecule has 7 nitrogen and oxygen atoms in total. The monoisotopic (exact) mass is 461 g/mol. The molecule has 0 bridgehead atoms. The van der Waals surface area contributed by atoms with E-state index in [1.54, 1.807) is 29.2 Å². The van der Waals surface area contributed by atoms with Gasteiger partial charge < -0.3 is 25.3 Å². The first kappa shape index (κ1) is 22.6. The number of benzene rings is 2. The molecule has 0 spiro atoms. The van der Waals surface area contributed by atoms with Crippen molar-refractivity contribution in [1.82, 2.24) is 4.90 Å². The van der Waals surface area contributed by atoms with Crippen molar-refractivity contribution >= 4 is 28.9 Å². The van der Waals surface area contributed by atoms with Crippen LogP contribution in [0.15, 0.2) is 36.4 Å². The molecule has 1 amide bonds. The Kier molecular flexibility index (Phi) is 6.20. The molecule has 1 unspecified atom stereocenters. The predicted molar refractivity (Wildman–Crippen MR) is 125 cm³/mol. The molecule has 2 aliphatic heterocycles. The van der Waals surface area contributed by atoms with Crippen LogP contribution >= 0.6 is 11.6 Å². The van der Waals surface area contributed by atoms with Crippen molar-refractivity contribution in [2.24, 2.45) is 11.6 Å². The van der Waals surface area contributed by atoms with Gasteiger partial charge in [-0.05, 0) is 43.0 Å². The lowest BCUT2D eigenvalue weighted by molar-refractivity contribution is -0.140. The molecule has 32 heavy (non-hydrogen) atoms. The second kappa shape index (κ2) is 8.77. The Balaban J connectivity index is 1.41. The molecule has 2 aromatic carbocycles. The van der Waals surface area contributed by atoms with Gasteiger partial charge in [0.05, 0.1) is 22.9 Å². The summed E-state index contributed by atoms with van der Waals surface area (Å²) in [6.07, 6.45) is 1.26. The summed E-state index contributed by atoms with van der Waals surface area (Å²) in [6, 6.07) is 9.98. The lowest BCUT2D eigenvalue weighted by atomic mass is 9.82. The van der Waals surface area contributed by atoms with Gasteiger partial charge in [0.15, 0.2) is 6.10 Å². The van der Waals surface area contributed by atoms with Gasteiger partial charge in [-0.3, -0.25) is 4.79 Å². The van der Waals surface area contributed by atoms with Gasteiger partial charge in [-0.2, -0.15) is 0 Å². The molecule has 1 fully saturated rings. The molecule has 172 valence electrons. The summed E-state index contributed by atoms with van der Waals surface area (Å²) < 4.78 is 19.2. The van der Waals surface area contributed by atoms with Crippen LogP contribution in [0.3, 0.4) is 0 Å². The van der Waals surface area contributed by atoms with Crippen molar-refractivity contribution in [2.45, 2.75) is 30.9 Å². The van der Waals surface area contributed by atoms with Crippen molar-refractivity contribution in [3.05, 3.63) is 52.8 Å². The van der Waals surface area contributed by atoms with E-state index in [2.05, 4.69) is 0 Å². The van der Waals surface area contributed by atoms with Crippen LogP contribution in [0.1, 0.15) is 18.4 Å². The maximum absolute atomic E-state index is 13.2. The first-order valence-electron chi connectivity index (χ1n) is 10.7. The summed E-state index contributed by atoms with van der Waals surface area (Å²) in [5.41, 5.74) is 8.62. The SMILES string of the molecule is CN(C)c1cc2c(cc1Cl)N(N)CC(C(=O)N1CCC(N)(Cc3ccc(F)cc3)CC1)O2. The van der Waals surface area contributed by atoms with E-state index in [1.165, 1.54) is 17.1 Å². The Bertz CT molecular complexity index is 993. The second-order valence-electron chi connectivity index (χ2n) is 8.92. The minimum Gasteiger partial charge on any atom is -0.476 e. The van der Waals surface area contributed by atoms with Gasteiger partial charge in [0, 0.05) is 38.8 Å². The van der Waals surface area contributed by atoms with Gasteiger partial charge >= 0.3 is 0 Å². The highest BCUT2D eigenvalue weighted by atomic mass is 35.5. The summed E-state index contributed by atoms with van der Waals surface area (Å²) in [4.78, 5) is 16.9. The number of hydrogen-bond donors (Lipinski definition) is 2. The minimum absolute atomic E-state index is 0.101. The number of nitrogens with two attached hydrogens (primary N) is 2. The van der Waals surface area contributed by atoms with Crippen molar-refractivity contribution in [1.29, 1.82) is 0 Å². The quantitative estimate of drug-likeness (QED) is 0.680. The second-order valence-corrected chi connectivity index (χ2v) is 9.32. The number of amides is 1. The van der Waals surface area contributed by atoms with E-state index in [1.807, 2.05) is 19.0 Å². The van der Waals surface area contributed by atoms with Gasteiger partial charge in [0.25, 0.3) is 5.91 Å². The maximum atomic E-state index is 13.2. The third-order valence-electron chi connectivity index (χ3n) is 6.27. The predicted octanol–water partition coefficient (Wildman–Crippen LogP) is 2.55. The highest BCUT2D eigenvalue weighted by Crippen LogP contribution is 2.40. The van der Waals surface area contributed by atoms with E-state index in [4.69, 9.17) is 27.9 Å². The molecule has 0 radical (unpaired) electrons. The average molecular weight is 462 g/mol. The molecular formula is C23H29ClFN5O2. The molecule has 0 saturated carbocycles. The van der Waals surface area contributed by atoms with E-state index in [0.717, 1.165) is 11.3 Å². The first-order valence-corrected chi connectivity index (χ1v) is 11.0. The fourth-order valence-electron chi connectivity index (χ4n) is 4.35. The summed E-state index contributed by atoms with van der Waals surface area (Å²) >= 11 is 6.35. The van der Waals surface area contributed by atoms with E-state index >= 15 is 0 Å². The number of fused-ring (bicyclic) bond motifs is 1. The largest absolute Gasteiger partial charge is 0.476 e. The minimum atomic E-state index is -0.703. The van der Waals surface area contributed by atoms with Gasteiger partial charge in [-0.15, -0.1) is 0 Å². The molecule has 9 heteroatoms. The van der Waals surface area contributed by atoms with Crippen LogP contribution in [0, 0.1) is 5.82 Å². The zero-order valence-corrected chi connectivity index (χ0v) is 19.1. The van der Waals surface area contributed by atoms with Gasteiger partial charge in [-0.1, -0.05) is 23.7 Å². The molecule has 0 aromatic heterocycles. The first-order chi connectivity index (χ1) is 15.1. The zero-order valence-electron chi connectivity index (χ0n) is 18.4. The number of anilines is 2. The van der Waals surface area contributed by atoms with Crippen LogP contribution in [0.5, 0.6) is 5.75 Å². The highest BCUT2D eigenvalue weighted by molar-refractivity contribution is 6.33. The summed E-state index contributed by atoms with van der Waals surface area (Å²) in [5, 5.41) is 2.08. The van der Waals surface area contributed by atoms with Gasteiger partial charge in [0.2, 0.25) is 0 Å². The van der Waals surface area contributed by atoms with Crippen molar-refractivity contribution in [3.8, 4) is 5.75 Å². The number of halogens is 2. The fourth-order valence-corrected chi connectivity index (χ4v) is 4.68. The summed E-state index contributed by atoms with van der Waals surface area (Å²) in [6.45, 7) is 1.32. The van der Waals surface area contributed by atoms with E-state index in [9.17, 15) is 9.18 Å². The van der Waals surface area contributed by atoms with E-state index in [0.29, 0.717) is 48.8 Å². The number of hydrazine groups is 1. The number of likely N-dealkylation sites (tertiary alicyclic amines) is 1. The smallest absolute Gasteiger partial charge is 0.265 e.